The summed E-state index contributed by atoms with van der Waals surface area (Å²) in [6.07, 6.45) is 4.67. The van der Waals surface area contributed by atoms with E-state index in [1.807, 2.05) is 44.3 Å². The molecule has 1 unspecified atom stereocenters. The number of carbonyl (C=O) groups is 1. The zero-order chi connectivity index (χ0) is 30.0. The molecule has 0 spiro atoms. The van der Waals surface area contributed by atoms with E-state index >= 15 is 0 Å². The third-order valence-corrected chi connectivity index (χ3v) is 8.92. The standard InChI is InChI=1S/C33H37ClFN5O3/c1-33(14-3-4-17-43-33)32(41)36-25-10-11-29-28(19-25)37-30(39(29)2)20-40-15-12-22(13-16-40)27-6-5-7-31(38-27)42-21-23-8-9-24(34)18-26(23)35/h5-11,18-19,22H,3-4,12-17,20-21H2,1-2H3,(H,36,41). The maximum atomic E-state index is 14.1. The summed E-state index contributed by atoms with van der Waals surface area (Å²) in [5, 5.41) is 3.40. The van der Waals surface area contributed by atoms with Crippen LogP contribution >= 0.6 is 11.6 Å². The number of anilines is 1. The van der Waals surface area contributed by atoms with E-state index in [9.17, 15) is 9.18 Å². The fourth-order valence-corrected chi connectivity index (χ4v) is 6.12. The minimum Gasteiger partial charge on any atom is -0.473 e. The predicted octanol–water partition coefficient (Wildman–Crippen LogP) is 6.62. The molecule has 43 heavy (non-hydrogen) atoms. The van der Waals surface area contributed by atoms with E-state index < -0.39 is 5.60 Å². The highest BCUT2D eigenvalue weighted by Crippen LogP contribution is 2.30. The monoisotopic (exact) mass is 605 g/mol. The van der Waals surface area contributed by atoms with Gasteiger partial charge in [0.05, 0.1) is 17.6 Å². The minimum atomic E-state index is -0.782. The van der Waals surface area contributed by atoms with Crippen LogP contribution in [0.1, 0.15) is 62.0 Å². The van der Waals surface area contributed by atoms with Crippen molar-refractivity contribution in [1.29, 1.82) is 0 Å². The van der Waals surface area contributed by atoms with E-state index in [1.165, 1.54) is 6.07 Å². The Morgan fingerprint density at radius 2 is 1.98 bits per heavy atom. The molecule has 226 valence electrons. The van der Waals surface area contributed by atoms with Crippen LogP contribution in [0.15, 0.2) is 54.6 Å². The highest BCUT2D eigenvalue weighted by Gasteiger charge is 2.36. The number of nitrogens with one attached hydrogen (secondary N) is 1. The van der Waals surface area contributed by atoms with Crippen molar-refractivity contribution in [2.24, 2.45) is 7.05 Å². The number of aryl methyl sites for hydroxylation is 1. The van der Waals surface area contributed by atoms with E-state index in [1.54, 1.807) is 18.2 Å². The number of halogens is 2. The van der Waals surface area contributed by atoms with Crippen LogP contribution in [0.3, 0.4) is 0 Å². The molecule has 6 rings (SSSR count). The molecule has 1 N–H and O–H groups in total. The highest BCUT2D eigenvalue weighted by molar-refractivity contribution is 6.30. The maximum Gasteiger partial charge on any atom is 0.256 e. The smallest absolute Gasteiger partial charge is 0.256 e. The lowest BCUT2D eigenvalue weighted by atomic mass is 9.93. The Morgan fingerprint density at radius 1 is 1.14 bits per heavy atom. The maximum absolute atomic E-state index is 14.1. The van der Waals surface area contributed by atoms with Crippen LogP contribution in [0.2, 0.25) is 5.02 Å². The topological polar surface area (TPSA) is 81.5 Å². The normalized spacial score (nSPS) is 19.9. The van der Waals surface area contributed by atoms with Crippen molar-refractivity contribution in [3.63, 3.8) is 0 Å². The Balaban J connectivity index is 1.05. The van der Waals surface area contributed by atoms with Crippen molar-refractivity contribution in [2.75, 3.05) is 25.0 Å². The number of fused-ring (bicyclic) bond motifs is 1. The molecule has 4 heterocycles. The lowest BCUT2D eigenvalue weighted by Crippen LogP contribution is -2.44. The van der Waals surface area contributed by atoms with Gasteiger partial charge >= 0.3 is 0 Å². The summed E-state index contributed by atoms with van der Waals surface area (Å²) >= 11 is 5.85. The number of piperidine rings is 1. The lowest BCUT2D eigenvalue weighted by molar-refractivity contribution is -0.144. The molecule has 2 saturated heterocycles. The number of nitrogens with zero attached hydrogens (tertiary/aromatic N) is 4. The zero-order valence-corrected chi connectivity index (χ0v) is 25.4. The molecule has 0 radical (unpaired) electrons. The minimum absolute atomic E-state index is 0.0948. The molecule has 0 bridgehead atoms. The molecule has 2 fully saturated rings. The molecule has 2 aliphatic rings. The van der Waals surface area contributed by atoms with Gasteiger partial charge in [-0.25, -0.2) is 14.4 Å². The first-order valence-electron chi connectivity index (χ1n) is 14.9. The van der Waals surface area contributed by atoms with Crippen LogP contribution in [-0.2, 0) is 29.7 Å². The highest BCUT2D eigenvalue weighted by atomic mass is 35.5. The molecule has 1 atom stereocenters. The van der Waals surface area contributed by atoms with Crippen LogP contribution in [0, 0.1) is 5.82 Å². The van der Waals surface area contributed by atoms with Gasteiger partial charge in [0.25, 0.3) is 5.91 Å². The van der Waals surface area contributed by atoms with Crippen molar-refractivity contribution in [1.82, 2.24) is 19.4 Å². The summed E-state index contributed by atoms with van der Waals surface area (Å²) < 4.78 is 27.9. The quantitative estimate of drug-likeness (QED) is 0.243. The molecule has 1 amide bonds. The van der Waals surface area contributed by atoms with Gasteiger partial charge in [0.2, 0.25) is 5.88 Å². The molecule has 2 aromatic heterocycles. The summed E-state index contributed by atoms with van der Waals surface area (Å²) in [4.78, 5) is 25.0. The largest absolute Gasteiger partial charge is 0.473 e. The number of ether oxygens (including phenoxy) is 2. The Labute approximate surface area is 256 Å². The van der Waals surface area contributed by atoms with Gasteiger partial charge in [0.15, 0.2) is 0 Å². The number of rotatable bonds is 8. The number of likely N-dealkylation sites (tertiary alicyclic amines) is 1. The number of benzene rings is 2. The lowest BCUT2D eigenvalue weighted by Gasteiger charge is -2.32. The summed E-state index contributed by atoms with van der Waals surface area (Å²) in [6.45, 7) is 5.18. The van der Waals surface area contributed by atoms with Crippen molar-refractivity contribution in [3.8, 4) is 5.88 Å². The van der Waals surface area contributed by atoms with Crippen LogP contribution < -0.4 is 10.1 Å². The Morgan fingerprint density at radius 3 is 2.74 bits per heavy atom. The molecule has 0 saturated carbocycles. The van der Waals surface area contributed by atoms with Gasteiger partial charge in [-0.2, -0.15) is 0 Å². The summed E-state index contributed by atoms with van der Waals surface area (Å²) in [5.41, 5.74) is 3.28. The third-order valence-electron chi connectivity index (χ3n) is 8.69. The van der Waals surface area contributed by atoms with Crippen molar-refractivity contribution in [3.05, 3.63) is 82.5 Å². The molecule has 4 aromatic rings. The molecular weight excluding hydrogens is 569 g/mol. The van der Waals surface area contributed by atoms with Crippen molar-refractivity contribution < 1.29 is 18.7 Å². The first kappa shape index (κ1) is 29.5. The number of pyridine rings is 1. The molecule has 2 aromatic carbocycles. The van der Waals surface area contributed by atoms with E-state index in [0.29, 0.717) is 29.0 Å². The fraction of sp³-hybridized carbons (Fsp3) is 0.424. The van der Waals surface area contributed by atoms with E-state index in [0.717, 1.165) is 80.0 Å². The SMILES string of the molecule is Cn1c(CN2CCC(c3cccc(OCc4ccc(Cl)cc4F)n3)CC2)nc2cc(NC(=O)C3(C)CCCCO3)ccc21. The second kappa shape index (κ2) is 12.6. The van der Waals surface area contributed by atoms with Gasteiger partial charge in [-0.3, -0.25) is 9.69 Å². The summed E-state index contributed by atoms with van der Waals surface area (Å²) in [7, 11) is 2.04. The zero-order valence-electron chi connectivity index (χ0n) is 24.6. The number of carbonyl (C=O) groups excluding carboxylic acids is 1. The van der Waals surface area contributed by atoms with Crippen LogP contribution in [0.5, 0.6) is 5.88 Å². The Bertz CT molecular complexity index is 1610. The number of imidazole rings is 1. The van der Waals surface area contributed by atoms with Gasteiger partial charge in [0.1, 0.15) is 23.8 Å². The van der Waals surface area contributed by atoms with Gasteiger partial charge < -0.3 is 19.4 Å². The van der Waals surface area contributed by atoms with E-state index in [2.05, 4.69) is 14.8 Å². The van der Waals surface area contributed by atoms with Gasteiger partial charge in [-0.1, -0.05) is 23.7 Å². The van der Waals surface area contributed by atoms with Crippen LogP contribution in [0.4, 0.5) is 10.1 Å². The number of aromatic nitrogens is 3. The average molecular weight is 606 g/mol. The van der Waals surface area contributed by atoms with E-state index in [4.69, 9.17) is 31.0 Å². The number of amides is 1. The first-order valence-corrected chi connectivity index (χ1v) is 15.3. The van der Waals surface area contributed by atoms with Gasteiger partial charge in [-0.15, -0.1) is 0 Å². The Hall–Kier alpha value is -3.53. The molecule has 0 aliphatic carbocycles. The number of hydrogen-bond acceptors (Lipinski definition) is 6. The molecule has 8 nitrogen and oxygen atoms in total. The summed E-state index contributed by atoms with van der Waals surface area (Å²) in [5.74, 6) is 1.32. The average Bonchev–Trinajstić information content (AvgIpc) is 3.31. The molecular formula is C33H37ClFN5O3. The van der Waals surface area contributed by atoms with Crippen molar-refractivity contribution in [2.45, 2.75) is 63.7 Å². The fourth-order valence-electron chi connectivity index (χ4n) is 5.96. The summed E-state index contributed by atoms with van der Waals surface area (Å²) in [6, 6.07) is 16.2. The molecule has 2 aliphatic heterocycles. The first-order chi connectivity index (χ1) is 20.8. The predicted molar refractivity (Wildman–Crippen MR) is 165 cm³/mol. The van der Waals surface area contributed by atoms with Crippen molar-refractivity contribution >= 4 is 34.2 Å². The Kier molecular flexibility index (Phi) is 8.66. The van der Waals surface area contributed by atoms with Crippen LogP contribution in [-0.4, -0.2) is 50.6 Å². The van der Waals surface area contributed by atoms with Gasteiger partial charge in [-0.05, 0) is 88.5 Å². The van der Waals surface area contributed by atoms with Crippen LogP contribution in [0.25, 0.3) is 11.0 Å². The third kappa shape index (κ3) is 6.69. The van der Waals surface area contributed by atoms with Gasteiger partial charge in [0, 0.05) is 47.6 Å². The molecule has 10 heteroatoms. The van der Waals surface area contributed by atoms with E-state index in [-0.39, 0.29) is 18.3 Å². The second-order valence-corrected chi connectivity index (χ2v) is 12.2. The second-order valence-electron chi connectivity index (χ2n) is 11.8. The number of hydrogen-bond donors (Lipinski definition) is 1.